The highest BCUT2D eigenvalue weighted by Gasteiger charge is 2.34. The highest BCUT2D eigenvalue weighted by molar-refractivity contribution is 7.93. The van der Waals surface area contributed by atoms with Crippen molar-refractivity contribution >= 4 is 22.1 Å². The molecule has 0 spiro atoms. The first-order chi connectivity index (χ1) is 11.1. The normalized spacial score (nSPS) is 23.0. The van der Waals surface area contributed by atoms with Crippen molar-refractivity contribution < 1.29 is 30.9 Å². The highest BCUT2D eigenvalue weighted by Crippen LogP contribution is 2.30. The lowest BCUT2D eigenvalue weighted by Crippen LogP contribution is -2.41. The summed E-state index contributed by atoms with van der Waals surface area (Å²) < 4.78 is 69.3. The maximum Gasteiger partial charge on any atom is 0.390 e. The quantitative estimate of drug-likeness (QED) is 0.709. The number of thiol groups is 1. The summed E-state index contributed by atoms with van der Waals surface area (Å²) in [6, 6.07) is 6.62. The van der Waals surface area contributed by atoms with Crippen molar-refractivity contribution in [1.29, 1.82) is 0 Å². The van der Waals surface area contributed by atoms with E-state index in [9.17, 15) is 21.9 Å². The molecular weight excluding hydrogens is 369 g/mol. The van der Waals surface area contributed by atoms with Gasteiger partial charge in [-0.25, -0.2) is 4.21 Å². The maximum atomic E-state index is 12.2. The van der Waals surface area contributed by atoms with E-state index in [1.807, 2.05) is 0 Å². The molecule has 1 fully saturated rings. The van der Waals surface area contributed by atoms with Gasteiger partial charge in [-0.2, -0.15) is 13.2 Å². The van der Waals surface area contributed by atoms with Crippen LogP contribution >= 0.6 is 11.6 Å². The molecule has 4 nitrogen and oxygen atoms in total. The third-order valence-corrected chi connectivity index (χ3v) is 5.36. The molecule has 1 aliphatic rings. The van der Waals surface area contributed by atoms with Gasteiger partial charge in [-0.15, -0.1) is 0 Å². The zero-order valence-electron chi connectivity index (χ0n) is 12.8. The molecule has 0 unspecified atom stereocenters. The highest BCUT2D eigenvalue weighted by atomic mass is 35.5. The lowest BCUT2D eigenvalue weighted by Gasteiger charge is -2.34. The Labute approximate surface area is 144 Å². The zero-order chi connectivity index (χ0) is 17.8. The fourth-order valence-corrected chi connectivity index (χ4v) is 3.97. The average Bonchev–Trinajstić information content (AvgIpc) is 2.49. The second kappa shape index (κ2) is 8.03. The van der Waals surface area contributed by atoms with Crippen molar-refractivity contribution in [2.45, 2.75) is 50.5 Å². The van der Waals surface area contributed by atoms with E-state index in [0.29, 0.717) is 23.6 Å². The molecule has 2 atom stereocenters. The van der Waals surface area contributed by atoms with Crippen molar-refractivity contribution in [3.05, 3.63) is 29.3 Å². The predicted octanol–water partition coefficient (Wildman–Crippen LogP) is 4.40. The zero-order valence-corrected chi connectivity index (χ0v) is 14.5. The van der Waals surface area contributed by atoms with Crippen LogP contribution in [0.15, 0.2) is 24.3 Å². The molecule has 0 aromatic heterocycles. The number of hydrogen-bond donors (Lipinski definition) is 2. The summed E-state index contributed by atoms with van der Waals surface area (Å²) in [7, 11) is -4.33. The fraction of sp³-hybridized carbons (Fsp3) is 0.600. The topological polar surface area (TPSA) is 55.8 Å². The second-order valence-electron chi connectivity index (χ2n) is 5.76. The number of benzene rings is 1. The van der Waals surface area contributed by atoms with Crippen LogP contribution in [0.1, 0.15) is 32.1 Å². The lowest BCUT2D eigenvalue weighted by atomic mass is 9.95. The van der Waals surface area contributed by atoms with Crippen LogP contribution in [-0.2, 0) is 14.7 Å². The second-order valence-corrected chi connectivity index (χ2v) is 8.13. The van der Waals surface area contributed by atoms with E-state index in [1.165, 1.54) is 0 Å². The third-order valence-electron chi connectivity index (χ3n) is 3.72. The van der Waals surface area contributed by atoms with Gasteiger partial charge in [0.15, 0.2) is 0 Å². The summed E-state index contributed by atoms with van der Waals surface area (Å²) in [5.41, 5.74) is 0. The van der Waals surface area contributed by atoms with Gasteiger partial charge in [0.1, 0.15) is 18.0 Å². The first kappa shape index (κ1) is 19.5. The van der Waals surface area contributed by atoms with Gasteiger partial charge in [0.2, 0.25) is 0 Å². The van der Waals surface area contributed by atoms with Gasteiger partial charge in [-0.3, -0.25) is 4.18 Å². The number of ether oxygens (including phenoxy) is 1. The number of halogens is 4. The molecule has 2 rings (SSSR count). The Balaban J connectivity index is 1.98. The molecule has 1 aromatic carbocycles. The molecule has 1 N–H and O–H groups in total. The molecule has 1 saturated carbocycles. The number of hydrogen-bond acceptors (Lipinski definition) is 3. The van der Waals surface area contributed by atoms with Gasteiger partial charge in [-0.1, -0.05) is 18.0 Å². The van der Waals surface area contributed by atoms with Crippen LogP contribution in [0.4, 0.5) is 13.2 Å². The van der Waals surface area contributed by atoms with Crippen LogP contribution in [0.5, 0.6) is 5.75 Å². The summed E-state index contributed by atoms with van der Waals surface area (Å²) >= 11 is 5.80. The Morgan fingerprint density at radius 2 is 1.75 bits per heavy atom. The van der Waals surface area contributed by atoms with Gasteiger partial charge >= 0.3 is 6.18 Å². The fourth-order valence-electron chi connectivity index (χ4n) is 2.54. The van der Waals surface area contributed by atoms with Crippen molar-refractivity contribution in [3.63, 3.8) is 0 Å². The van der Waals surface area contributed by atoms with Crippen molar-refractivity contribution in [3.8, 4) is 5.75 Å². The Morgan fingerprint density at radius 3 is 2.33 bits per heavy atom. The van der Waals surface area contributed by atoms with Gasteiger partial charge < -0.3 is 9.29 Å². The SMILES string of the molecule is O=[SH](O)(CCC(F)(F)F)O[C@H]1CCCC[C@@H]1Oc1ccc(Cl)cc1. The molecule has 0 bridgehead atoms. The molecular formula is C15H20ClF3O4S. The van der Waals surface area contributed by atoms with E-state index in [4.69, 9.17) is 20.5 Å². The Morgan fingerprint density at radius 1 is 1.17 bits per heavy atom. The smallest absolute Gasteiger partial charge is 0.390 e. The molecule has 138 valence electrons. The average molecular weight is 389 g/mol. The summed E-state index contributed by atoms with van der Waals surface area (Å²) in [6.45, 7) is 0. The molecule has 1 aromatic rings. The summed E-state index contributed by atoms with van der Waals surface area (Å²) in [4.78, 5) is 0. The van der Waals surface area contributed by atoms with Crippen LogP contribution in [-0.4, -0.2) is 32.9 Å². The summed E-state index contributed by atoms with van der Waals surface area (Å²) in [5.74, 6) is -0.413. The minimum atomic E-state index is -4.49. The van der Waals surface area contributed by atoms with Crippen LogP contribution in [0.3, 0.4) is 0 Å². The largest absolute Gasteiger partial charge is 0.488 e. The first-order valence-corrected chi connectivity index (χ1v) is 9.78. The van der Waals surface area contributed by atoms with E-state index in [1.54, 1.807) is 24.3 Å². The summed E-state index contributed by atoms with van der Waals surface area (Å²) in [6.07, 6.45) is -4.34. The first-order valence-electron chi connectivity index (χ1n) is 7.64. The van der Waals surface area contributed by atoms with Crippen LogP contribution in [0, 0.1) is 0 Å². The van der Waals surface area contributed by atoms with E-state index in [2.05, 4.69) is 0 Å². The number of rotatable bonds is 6. The van der Waals surface area contributed by atoms with Crippen LogP contribution in [0.2, 0.25) is 5.02 Å². The maximum absolute atomic E-state index is 12.2. The minimum Gasteiger partial charge on any atom is -0.488 e. The van der Waals surface area contributed by atoms with Crippen molar-refractivity contribution in [2.24, 2.45) is 0 Å². The van der Waals surface area contributed by atoms with E-state index in [-0.39, 0.29) is 0 Å². The van der Waals surface area contributed by atoms with E-state index < -0.39 is 41.1 Å². The van der Waals surface area contributed by atoms with E-state index >= 15 is 0 Å². The lowest BCUT2D eigenvalue weighted by molar-refractivity contribution is -0.130. The molecule has 9 heteroatoms. The molecule has 1 aliphatic carbocycles. The van der Waals surface area contributed by atoms with E-state index in [0.717, 1.165) is 12.8 Å². The van der Waals surface area contributed by atoms with Gasteiger partial charge in [-0.05, 0) is 43.5 Å². The molecule has 0 aliphatic heterocycles. The summed E-state index contributed by atoms with van der Waals surface area (Å²) in [5, 5.41) is 0.547. The third kappa shape index (κ3) is 6.58. The Hall–Kier alpha value is -0.830. The molecule has 0 amide bonds. The number of alkyl halides is 3. The monoisotopic (exact) mass is 388 g/mol. The van der Waals surface area contributed by atoms with Crippen LogP contribution < -0.4 is 4.74 Å². The van der Waals surface area contributed by atoms with Gasteiger partial charge in [0, 0.05) is 5.02 Å². The molecule has 0 saturated heterocycles. The molecule has 0 radical (unpaired) electrons. The van der Waals surface area contributed by atoms with Crippen LogP contribution in [0.25, 0.3) is 0 Å². The van der Waals surface area contributed by atoms with Gasteiger partial charge in [0.25, 0.3) is 0 Å². The standard InChI is InChI=1S/C15H20ClF3O4S/c16-11-5-7-12(8-6-11)22-13-3-1-2-4-14(13)23-24(20,21)10-9-15(17,18)19/h5-8,13-14,24H,1-4,9-10H2,(H,20,21)/t13-,14-/m0/s1. The molecule has 0 heterocycles. The van der Waals surface area contributed by atoms with Gasteiger partial charge in [0.05, 0.1) is 22.7 Å². The molecule has 24 heavy (non-hydrogen) atoms. The Kier molecular flexibility index (Phi) is 6.52. The Bertz CT molecular complexity index is 579. The predicted molar refractivity (Wildman–Crippen MR) is 86.9 cm³/mol. The minimum absolute atomic E-state index is 0.467. The van der Waals surface area contributed by atoms with Crippen molar-refractivity contribution in [1.82, 2.24) is 0 Å². The van der Waals surface area contributed by atoms with Crippen molar-refractivity contribution in [2.75, 3.05) is 5.75 Å².